The highest BCUT2D eigenvalue weighted by atomic mass is 16.4. The molecule has 0 aliphatic carbocycles. The quantitative estimate of drug-likeness (QED) is 0.790. The van der Waals surface area contributed by atoms with Gasteiger partial charge in [-0.1, -0.05) is 44.9 Å². The molecule has 0 amide bonds. The molecule has 2 atom stereocenters. The van der Waals surface area contributed by atoms with Gasteiger partial charge in [-0.25, -0.2) is 0 Å². The van der Waals surface area contributed by atoms with Gasteiger partial charge in [-0.05, 0) is 42.2 Å². The summed E-state index contributed by atoms with van der Waals surface area (Å²) in [7, 11) is 2.12. The topological polar surface area (TPSA) is 64.3 Å². The van der Waals surface area contributed by atoms with Crippen LogP contribution in [-0.2, 0) is 11.2 Å². The smallest absolute Gasteiger partial charge is 0.303 e. The number of hydrogen-bond donors (Lipinski definition) is 1. The lowest BCUT2D eigenvalue weighted by molar-refractivity contribution is -0.137. The number of nitrogens with zero attached hydrogens (tertiary/aromatic N) is 1. The molecule has 0 saturated heterocycles. The van der Waals surface area contributed by atoms with E-state index in [1.165, 1.54) is 17.7 Å². The minimum atomic E-state index is -0.749. The van der Waals surface area contributed by atoms with E-state index in [9.17, 15) is 4.79 Å². The first kappa shape index (κ1) is 18.8. The van der Waals surface area contributed by atoms with Crippen molar-refractivity contribution >= 4 is 11.7 Å². The van der Waals surface area contributed by atoms with Gasteiger partial charge in [-0.2, -0.15) is 0 Å². The number of fused-ring (bicyclic) bond motifs is 1. The first-order chi connectivity index (χ1) is 11.2. The van der Waals surface area contributed by atoms with E-state index in [4.69, 9.17) is 10.8 Å². The Morgan fingerprint density at radius 1 is 1.38 bits per heavy atom. The number of nitrogens with one attached hydrogen (secondary N) is 1. The number of hydrogen-bond acceptors (Lipinski definition) is 2. The Bertz CT molecular complexity index is 577. The van der Waals surface area contributed by atoms with Gasteiger partial charge in [-0.3, -0.25) is 4.79 Å². The third kappa shape index (κ3) is 4.73. The van der Waals surface area contributed by atoms with Crippen molar-refractivity contribution < 1.29 is 9.90 Å². The van der Waals surface area contributed by atoms with Crippen molar-refractivity contribution in [2.45, 2.75) is 58.9 Å². The van der Waals surface area contributed by atoms with Crippen molar-refractivity contribution in [2.75, 3.05) is 18.5 Å². The summed E-state index contributed by atoms with van der Waals surface area (Å²) < 4.78 is 0. The largest absolute Gasteiger partial charge is 0.671 e. The maximum absolute atomic E-state index is 10.9. The van der Waals surface area contributed by atoms with Gasteiger partial charge in [0.25, 0.3) is 0 Å². The molecule has 2 N–H and O–H groups in total. The Morgan fingerprint density at radius 2 is 2.08 bits per heavy atom. The maximum Gasteiger partial charge on any atom is 0.303 e. The molecule has 1 aromatic rings. The molecule has 0 radical (unpaired) electrons. The summed E-state index contributed by atoms with van der Waals surface area (Å²) in [6, 6.07) is 6.13. The van der Waals surface area contributed by atoms with E-state index >= 15 is 0 Å². The van der Waals surface area contributed by atoms with E-state index in [1.54, 1.807) is 0 Å². The summed E-state index contributed by atoms with van der Waals surface area (Å²) in [4.78, 5) is 13.2. The van der Waals surface area contributed by atoms with Crippen molar-refractivity contribution in [3.05, 3.63) is 35.1 Å². The number of carboxylic acids is 1. The predicted octanol–water partition coefficient (Wildman–Crippen LogP) is 5.08. The number of aliphatic carboxylic acids is 1. The fraction of sp³-hybridized carbons (Fsp3) is 0.650. The average molecular weight is 331 g/mol. The molecule has 1 heterocycles. The summed E-state index contributed by atoms with van der Waals surface area (Å²) in [6.07, 6.45) is 3.83. The Labute approximate surface area is 146 Å². The van der Waals surface area contributed by atoms with E-state index in [-0.39, 0.29) is 23.8 Å². The predicted molar refractivity (Wildman–Crippen MR) is 99.5 cm³/mol. The molecule has 0 spiro atoms. The van der Waals surface area contributed by atoms with Crippen molar-refractivity contribution in [3.8, 4) is 0 Å². The van der Waals surface area contributed by atoms with Crippen LogP contribution in [0, 0.1) is 11.3 Å². The third-order valence-corrected chi connectivity index (χ3v) is 5.31. The molecule has 4 heteroatoms. The second-order valence-corrected chi connectivity index (χ2v) is 8.20. The lowest BCUT2D eigenvalue weighted by Gasteiger charge is -2.36. The normalized spacial score (nSPS) is 17.3. The number of benzene rings is 1. The van der Waals surface area contributed by atoms with Crippen LogP contribution in [-0.4, -0.2) is 24.7 Å². The number of carbonyl (C=O) groups is 1. The van der Waals surface area contributed by atoms with Gasteiger partial charge < -0.3 is 15.7 Å². The Hall–Kier alpha value is -1.55. The molecule has 1 aromatic carbocycles. The third-order valence-electron chi connectivity index (χ3n) is 5.31. The van der Waals surface area contributed by atoms with Crippen molar-refractivity contribution in [3.63, 3.8) is 0 Å². The summed E-state index contributed by atoms with van der Waals surface area (Å²) in [5, 5.41) is 8.99. The SMILES string of the molecule is CN1CCCc2ccc([C@H]([NH-])CC(CCC(=O)O)C(C)(C)C)cc21. The first-order valence-corrected chi connectivity index (χ1v) is 8.95. The fourth-order valence-corrected chi connectivity index (χ4v) is 3.61. The minimum Gasteiger partial charge on any atom is -0.671 e. The summed E-state index contributed by atoms with van der Waals surface area (Å²) in [5.41, 5.74) is 12.3. The maximum atomic E-state index is 10.9. The molecule has 0 bridgehead atoms. The van der Waals surface area contributed by atoms with Crippen LogP contribution in [0.4, 0.5) is 5.69 Å². The van der Waals surface area contributed by atoms with Gasteiger partial charge in [0.15, 0.2) is 0 Å². The molecule has 0 saturated carbocycles. The summed E-state index contributed by atoms with van der Waals surface area (Å²) in [6.45, 7) is 7.51. The average Bonchev–Trinajstić information content (AvgIpc) is 2.50. The zero-order chi connectivity index (χ0) is 17.9. The second-order valence-electron chi connectivity index (χ2n) is 8.20. The van der Waals surface area contributed by atoms with E-state index in [2.05, 4.69) is 50.9 Å². The molecule has 24 heavy (non-hydrogen) atoms. The van der Waals surface area contributed by atoms with E-state index in [1.807, 2.05) is 0 Å². The Kier molecular flexibility index (Phi) is 5.92. The zero-order valence-corrected chi connectivity index (χ0v) is 15.4. The van der Waals surface area contributed by atoms with Crippen molar-refractivity contribution in [1.82, 2.24) is 0 Å². The molecule has 1 aliphatic rings. The van der Waals surface area contributed by atoms with Gasteiger partial charge in [0, 0.05) is 25.7 Å². The van der Waals surface area contributed by atoms with E-state index in [0.717, 1.165) is 18.5 Å². The molecule has 1 aliphatic heterocycles. The molecule has 4 nitrogen and oxygen atoms in total. The van der Waals surface area contributed by atoms with Crippen LogP contribution in [0.25, 0.3) is 5.73 Å². The van der Waals surface area contributed by atoms with Gasteiger partial charge in [0.1, 0.15) is 0 Å². The molecular formula is C20H31N2O2-. The van der Waals surface area contributed by atoms with Crippen LogP contribution in [0.3, 0.4) is 0 Å². The van der Waals surface area contributed by atoms with Gasteiger partial charge in [0.05, 0.1) is 0 Å². The highest BCUT2D eigenvalue weighted by Gasteiger charge is 2.26. The lowest BCUT2D eigenvalue weighted by Crippen LogP contribution is -2.25. The first-order valence-electron chi connectivity index (χ1n) is 8.95. The zero-order valence-electron chi connectivity index (χ0n) is 15.4. The number of rotatable bonds is 6. The van der Waals surface area contributed by atoms with Gasteiger partial charge >= 0.3 is 5.97 Å². The van der Waals surface area contributed by atoms with Crippen LogP contribution in [0.15, 0.2) is 18.2 Å². The van der Waals surface area contributed by atoms with Gasteiger partial charge in [-0.15, -0.1) is 6.04 Å². The highest BCUT2D eigenvalue weighted by Crippen LogP contribution is 2.39. The molecule has 134 valence electrons. The summed E-state index contributed by atoms with van der Waals surface area (Å²) >= 11 is 0. The Morgan fingerprint density at radius 3 is 2.71 bits per heavy atom. The highest BCUT2D eigenvalue weighted by molar-refractivity contribution is 5.66. The van der Waals surface area contributed by atoms with E-state index < -0.39 is 5.97 Å². The van der Waals surface area contributed by atoms with Crippen LogP contribution >= 0.6 is 0 Å². The van der Waals surface area contributed by atoms with Crippen LogP contribution < -0.4 is 4.90 Å². The van der Waals surface area contributed by atoms with E-state index in [0.29, 0.717) is 12.8 Å². The number of anilines is 1. The van der Waals surface area contributed by atoms with Crippen molar-refractivity contribution in [1.29, 1.82) is 0 Å². The fourth-order valence-electron chi connectivity index (χ4n) is 3.61. The number of aryl methyl sites for hydroxylation is 1. The molecular weight excluding hydrogens is 300 g/mol. The van der Waals surface area contributed by atoms with Crippen LogP contribution in [0.2, 0.25) is 0 Å². The monoisotopic (exact) mass is 331 g/mol. The molecule has 0 aromatic heterocycles. The van der Waals surface area contributed by atoms with Crippen molar-refractivity contribution in [2.24, 2.45) is 11.3 Å². The molecule has 0 fully saturated rings. The van der Waals surface area contributed by atoms with Gasteiger partial charge in [0.2, 0.25) is 0 Å². The minimum absolute atomic E-state index is 0.0136. The lowest BCUT2D eigenvalue weighted by atomic mass is 9.74. The Balaban J connectivity index is 2.13. The standard InChI is InChI=1S/C20H31N2O2/c1-20(2,3)16(9-10-19(23)24)13-17(21)15-8-7-14-6-5-11-22(4)18(14)12-15/h7-8,12,16-17,21H,5-6,9-11,13H2,1-4H3,(H,23,24)/q-1/t16?,17-/m1/s1. The summed E-state index contributed by atoms with van der Waals surface area (Å²) in [5.74, 6) is -0.522. The second kappa shape index (κ2) is 7.56. The van der Waals surface area contributed by atoms with Crippen LogP contribution in [0.5, 0.6) is 0 Å². The molecule has 2 rings (SSSR count). The number of carboxylic acid groups (broad SMARTS) is 1. The van der Waals surface area contributed by atoms with Crippen LogP contribution in [0.1, 0.15) is 63.6 Å². The molecule has 1 unspecified atom stereocenters.